The number of hydrogen-bond acceptors (Lipinski definition) is 2. The number of carbonyl (C=O) groups excluding carboxylic acids is 1. The number of nitrogens with zero attached hydrogens (tertiary/aromatic N) is 1. The predicted octanol–water partition coefficient (Wildman–Crippen LogP) is 2.45. The summed E-state index contributed by atoms with van der Waals surface area (Å²) in [5.41, 5.74) is 1.22. The average Bonchev–Trinajstić information content (AvgIpc) is 2.40. The Balaban J connectivity index is 1.93. The van der Waals surface area contributed by atoms with Gasteiger partial charge in [-0.1, -0.05) is 35.0 Å². The molecule has 0 aliphatic carbocycles. The van der Waals surface area contributed by atoms with Crippen molar-refractivity contribution >= 4 is 21.8 Å². The van der Waals surface area contributed by atoms with Gasteiger partial charge in [0.05, 0.1) is 0 Å². The van der Waals surface area contributed by atoms with E-state index < -0.39 is 0 Å². The summed E-state index contributed by atoms with van der Waals surface area (Å²) in [6, 6.07) is 8.61. The topological polar surface area (TPSA) is 32.3 Å². The van der Waals surface area contributed by atoms with Gasteiger partial charge in [-0.05, 0) is 31.0 Å². The zero-order valence-electron chi connectivity index (χ0n) is 11.5. The van der Waals surface area contributed by atoms with Crippen molar-refractivity contribution in [3.8, 4) is 0 Å². The molecule has 2 rings (SSSR count). The van der Waals surface area contributed by atoms with E-state index in [4.69, 9.17) is 0 Å². The predicted molar refractivity (Wildman–Crippen MR) is 81.1 cm³/mol. The first-order chi connectivity index (χ1) is 9.06. The average molecular weight is 325 g/mol. The Labute approximate surface area is 123 Å². The lowest BCUT2D eigenvalue weighted by molar-refractivity contribution is -0.136. The summed E-state index contributed by atoms with van der Waals surface area (Å²) in [5, 5.41) is 3.36. The van der Waals surface area contributed by atoms with Gasteiger partial charge in [0.1, 0.15) is 0 Å². The molecule has 1 aliphatic heterocycles. The maximum absolute atomic E-state index is 12.4. The van der Waals surface area contributed by atoms with Crippen molar-refractivity contribution in [3.63, 3.8) is 0 Å². The second-order valence-electron chi connectivity index (χ2n) is 5.37. The number of piperazine rings is 1. The quantitative estimate of drug-likeness (QED) is 0.926. The van der Waals surface area contributed by atoms with E-state index in [1.807, 2.05) is 24.0 Å². The molecule has 1 aromatic carbocycles. The molecule has 1 amide bonds. The molecule has 19 heavy (non-hydrogen) atoms. The van der Waals surface area contributed by atoms with Gasteiger partial charge in [-0.2, -0.15) is 0 Å². The number of hydrogen-bond donors (Lipinski definition) is 1. The molecule has 2 atom stereocenters. The van der Waals surface area contributed by atoms with E-state index in [1.165, 1.54) is 5.56 Å². The molecule has 3 nitrogen and oxygen atoms in total. The lowest BCUT2D eigenvalue weighted by Crippen LogP contribution is -2.52. The monoisotopic (exact) mass is 324 g/mol. The standard InChI is InChI=1S/C15H21BrN2O/c1-11(9-13-3-5-14(16)6-4-13)15(19)18-8-7-17-12(2)10-18/h3-6,11-12,17H,7-10H2,1-2H3/t11?,12-/m1/s1. The number of nitrogens with one attached hydrogen (secondary N) is 1. The van der Waals surface area contributed by atoms with E-state index in [0.717, 1.165) is 30.5 Å². The summed E-state index contributed by atoms with van der Waals surface area (Å²) in [6.45, 7) is 6.70. The van der Waals surface area contributed by atoms with Gasteiger partial charge in [0.15, 0.2) is 0 Å². The van der Waals surface area contributed by atoms with Crippen LogP contribution in [0.5, 0.6) is 0 Å². The molecule has 1 heterocycles. The van der Waals surface area contributed by atoms with Crippen LogP contribution in [0.3, 0.4) is 0 Å². The molecular weight excluding hydrogens is 304 g/mol. The first kappa shape index (κ1) is 14.5. The molecule has 1 saturated heterocycles. The Kier molecular flexibility index (Phi) is 4.99. The second kappa shape index (κ2) is 6.53. The molecule has 0 bridgehead atoms. The highest BCUT2D eigenvalue weighted by molar-refractivity contribution is 9.10. The summed E-state index contributed by atoms with van der Waals surface area (Å²) < 4.78 is 1.08. The smallest absolute Gasteiger partial charge is 0.225 e. The Morgan fingerprint density at radius 2 is 2.16 bits per heavy atom. The molecule has 0 spiro atoms. The largest absolute Gasteiger partial charge is 0.340 e. The van der Waals surface area contributed by atoms with Gasteiger partial charge < -0.3 is 10.2 Å². The number of carbonyl (C=O) groups is 1. The van der Waals surface area contributed by atoms with Crippen molar-refractivity contribution in [3.05, 3.63) is 34.3 Å². The van der Waals surface area contributed by atoms with Crippen LogP contribution in [0.15, 0.2) is 28.7 Å². The highest BCUT2D eigenvalue weighted by atomic mass is 79.9. The van der Waals surface area contributed by atoms with Gasteiger partial charge in [-0.25, -0.2) is 0 Å². The molecule has 0 aromatic heterocycles. The van der Waals surface area contributed by atoms with Crippen molar-refractivity contribution in [1.82, 2.24) is 10.2 Å². The van der Waals surface area contributed by atoms with E-state index in [1.54, 1.807) is 0 Å². The van der Waals surface area contributed by atoms with Gasteiger partial charge in [-0.3, -0.25) is 4.79 Å². The van der Waals surface area contributed by atoms with Crippen LogP contribution in [0.2, 0.25) is 0 Å². The maximum atomic E-state index is 12.4. The molecule has 0 radical (unpaired) electrons. The van der Waals surface area contributed by atoms with Crippen molar-refractivity contribution in [1.29, 1.82) is 0 Å². The minimum atomic E-state index is 0.0477. The fourth-order valence-electron chi connectivity index (χ4n) is 2.51. The van der Waals surface area contributed by atoms with E-state index in [-0.39, 0.29) is 11.8 Å². The summed E-state index contributed by atoms with van der Waals surface area (Å²) in [5.74, 6) is 0.322. The third-order valence-corrected chi connectivity index (χ3v) is 4.09. The Hall–Kier alpha value is -0.870. The molecule has 1 aromatic rings. The minimum absolute atomic E-state index is 0.0477. The summed E-state index contributed by atoms with van der Waals surface area (Å²) >= 11 is 3.43. The van der Waals surface area contributed by atoms with E-state index >= 15 is 0 Å². The molecule has 104 valence electrons. The first-order valence-electron chi connectivity index (χ1n) is 6.83. The van der Waals surface area contributed by atoms with Gasteiger partial charge in [-0.15, -0.1) is 0 Å². The van der Waals surface area contributed by atoms with Crippen LogP contribution in [-0.4, -0.2) is 36.5 Å². The maximum Gasteiger partial charge on any atom is 0.225 e. The van der Waals surface area contributed by atoms with Crippen LogP contribution in [0, 0.1) is 5.92 Å². The van der Waals surface area contributed by atoms with Crippen molar-refractivity contribution in [2.45, 2.75) is 26.3 Å². The van der Waals surface area contributed by atoms with Gasteiger partial charge in [0, 0.05) is 36.1 Å². The molecular formula is C15H21BrN2O. The van der Waals surface area contributed by atoms with Crippen molar-refractivity contribution < 1.29 is 4.79 Å². The van der Waals surface area contributed by atoms with Crippen LogP contribution in [-0.2, 0) is 11.2 Å². The number of rotatable bonds is 3. The van der Waals surface area contributed by atoms with Gasteiger partial charge >= 0.3 is 0 Å². The van der Waals surface area contributed by atoms with Crippen LogP contribution in [0.25, 0.3) is 0 Å². The molecule has 1 aliphatic rings. The van der Waals surface area contributed by atoms with Gasteiger partial charge in [0.25, 0.3) is 0 Å². The highest BCUT2D eigenvalue weighted by Crippen LogP contribution is 2.16. The van der Waals surface area contributed by atoms with Crippen LogP contribution in [0.4, 0.5) is 0 Å². The third kappa shape index (κ3) is 4.05. The van der Waals surface area contributed by atoms with Crippen LogP contribution < -0.4 is 5.32 Å². The molecule has 1 fully saturated rings. The SMILES string of the molecule is CC(Cc1ccc(Br)cc1)C(=O)N1CCN[C@H](C)C1. The number of amides is 1. The van der Waals surface area contributed by atoms with E-state index in [0.29, 0.717) is 6.04 Å². The second-order valence-corrected chi connectivity index (χ2v) is 6.29. The summed E-state index contributed by atoms with van der Waals surface area (Å²) in [4.78, 5) is 14.4. The first-order valence-corrected chi connectivity index (χ1v) is 7.62. The molecule has 1 N–H and O–H groups in total. The zero-order valence-corrected chi connectivity index (χ0v) is 13.1. The van der Waals surface area contributed by atoms with E-state index in [2.05, 4.69) is 40.3 Å². The Bertz CT molecular complexity index is 432. The fourth-order valence-corrected chi connectivity index (χ4v) is 2.77. The van der Waals surface area contributed by atoms with Crippen molar-refractivity contribution in [2.24, 2.45) is 5.92 Å². The lowest BCUT2D eigenvalue weighted by Gasteiger charge is -2.33. The van der Waals surface area contributed by atoms with Crippen LogP contribution >= 0.6 is 15.9 Å². The van der Waals surface area contributed by atoms with Crippen LogP contribution in [0.1, 0.15) is 19.4 Å². The van der Waals surface area contributed by atoms with E-state index in [9.17, 15) is 4.79 Å². The molecule has 1 unspecified atom stereocenters. The fraction of sp³-hybridized carbons (Fsp3) is 0.533. The Morgan fingerprint density at radius 1 is 1.47 bits per heavy atom. The zero-order chi connectivity index (χ0) is 13.8. The van der Waals surface area contributed by atoms with Crippen molar-refractivity contribution in [2.75, 3.05) is 19.6 Å². The Morgan fingerprint density at radius 3 is 2.79 bits per heavy atom. The van der Waals surface area contributed by atoms with Gasteiger partial charge in [0.2, 0.25) is 5.91 Å². The number of benzene rings is 1. The minimum Gasteiger partial charge on any atom is -0.340 e. The third-order valence-electron chi connectivity index (χ3n) is 3.56. The lowest BCUT2D eigenvalue weighted by atomic mass is 9.99. The molecule has 0 saturated carbocycles. The highest BCUT2D eigenvalue weighted by Gasteiger charge is 2.24. The molecule has 4 heteroatoms. The number of halogens is 1. The normalized spacial score (nSPS) is 21.2. The summed E-state index contributed by atoms with van der Waals surface area (Å²) in [6.07, 6.45) is 0.810. The summed E-state index contributed by atoms with van der Waals surface area (Å²) in [7, 11) is 0.